The van der Waals surface area contributed by atoms with E-state index in [0.717, 1.165) is 23.3 Å². The number of halogens is 1. The normalized spacial score (nSPS) is 10.4. The molecule has 3 rings (SSSR count). The fourth-order valence-corrected chi connectivity index (χ4v) is 2.20. The minimum absolute atomic E-state index is 0.181. The molecule has 3 aromatic rings. The number of benzene rings is 3. The predicted octanol–water partition coefficient (Wildman–Crippen LogP) is 4.12. The average Bonchev–Trinajstić information content (AvgIpc) is 2.56. The number of phenolic OH excluding ortho intramolecular Hbond substituents is 2. The van der Waals surface area contributed by atoms with Crippen molar-refractivity contribution in [2.45, 2.75) is 0 Å². The van der Waals surface area contributed by atoms with Gasteiger partial charge in [-0.05, 0) is 47.5 Å². The van der Waals surface area contributed by atoms with Gasteiger partial charge in [-0.3, -0.25) is 0 Å². The van der Waals surface area contributed by atoms with Gasteiger partial charge in [-0.2, -0.15) is 0 Å². The zero-order valence-corrected chi connectivity index (χ0v) is 12.4. The van der Waals surface area contributed by atoms with Crippen molar-refractivity contribution >= 4 is 5.97 Å². The molecule has 5 heteroatoms. The van der Waals surface area contributed by atoms with E-state index in [2.05, 4.69) is 0 Å². The Morgan fingerprint density at radius 3 is 1.92 bits per heavy atom. The topological polar surface area (TPSA) is 66.8 Å². The molecule has 0 aliphatic heterocycles. The lowest BCUT2D eigenvalue weighted by atomic mass is 10.1. The molecule has 4 nitrogen and oxygen atoms in total. The molecule has 0 aliphatic rings. The van der Waals surface area contributed by atoms with Gasteiger partial charge in [0.2, 0.25) is 0 Å². The summed E-state index contributed by atoms with van der Waals surface area (Å²) in [6.07, 6.45) is 0. The van der Waals surface area contributed by atoms with Crippen LogP contribution in [0.1, 0.15) is 10.4 Å². The number of ether oxygens (including phenoxy) is 1. The van der Waals surface area contributed by atoms with Crippen LogP contribution in [0.2, 0.25) is 0 Å². The van der Waals surface area contributed by atoms with Crippen LogP contribution in [0.25, 0.3) is 11.1 Å². The Hall–Kier alpha value is -3.34. The minimum Gasteiger partial charge on any atom is -0.508 e. The maximum atomic E-state index is 13.6. The standard InChI is InChI=1S/C19H13FO4/c20-18-11-15(22)7-10-17(18)19(23)24-16-8-3-13(4-9-16)12-1-5-14(21)6-2-12/h1-11,21-22H. The number of hydrogen-bond acceptors (Lipinski definition) is 4. The molecule has 0 bridgehead atoms. The van der Waals surface area contributed by atoms with Crippen LogP contribution in [0.5, 0.6) is 17.2 Å². The van der Waals surface area contributed by atoms with Crippen molar-refractivity contribution in [1.29, 1.82) is 0 Å². The maximum absolute atomic E-state index is 13.6. The van der Waals surface area contributed by atoms with Crippen LogP contribution in [0, 0.1) is 5.82 Å². The van der Waals surface area contributed by atoms with Gasteiger partial charge in [0, 0.05) is 6.07 Å². The van der Waals surface area contributed by atoms with Gasteiger partial charge in [0.25, 0.3) is 0 Å². The fraction of sp³-hybridized carbons (Fsp3) is 0. The minimum atomic E-state index is -0.847. The molecule has 0 spiro atoms. The molecule has 2 N–H and O–H groups in total. The first-order valence-corrected chi connectivity index (χ1v) is 7.13. The summed E-state index contributed by atoms with van der Waals surface area (Å²) in [5.41, 5.74) is 1.52. The van der Waals surface area contributed by atoms with Crippen molar-refractivity contribution in [3.63, 3.8) is 0 Å². The van der Waals surface area contributed by atoms with Gasteiger partial charge in [-0.15, -0.1) is 0 Å². The predicted molar refractivity (Wildman–Crippen MR) is 86.6 cm³/mol. The number of phenols is 2. The number of rotatable bonds is 3. The van der Waals surface area contributed by atoms with E-state index in [4.69, 9.17) is 9.84 Å². The van der Waals surface area contributed by atoms with E-state index in [0.29, 0.717) is 0 Å². The van der Waals surface area contributed by atoms with Gasteiger partial charge in [0.15, 0.2) is 0 Å². The number of carbonyl (C=O) groups excluding carboxylic acids is 1. The summed E-state index contributed by atoms with van der Waals surface area (Å²) >= 11 is 0. The Balaban J connectivity index is 1.76. The quantitative estimate of drug-likeness (QED) is 0.562. The van der Waals surface area contributed by atoms with Gasteiger partial charge < -0.3 is 14.9 Å². The summed E-state index contributed by atoms with van der Waals surface area (Å²) in [6, 6.07) is 16.6. The third kappa shape index (κ3) is 3.35. The van der Waals surface area contributed by atoms with E-state index in [-0.39, 0.29) is 22.8 Å². The third-order valence-corrected chi connectivity index (χ3v) is 3.44. The first-order valence-electron chi connectivity index (χ1n) is 7.13. The van der Waals surface area contributed by atoms with Crippen molar-refractivity contribution in [2.24, 2.45) is 0 Å². The zero-order valence-electron chi connectivity index (χ0n) is 12.4. The first-order chi connectivity index (χ1) is 11.5. The lowest BCUT2D eigenvalue weighted by Gasteiger charge is -2.07. The average molecular weight is 324 g/mol. The van der Waals surface area contributed by atoms with Crippen molar-refractivity contribution in [3.05, 3.63) is 78.1 Å². The molecule has 0 radical (unpaired) electrons. The van der Waals surface area contributed by atoms with E-state index in [1.165, 1.54) is 6.07 Å². The highest BCUT2D eigenvalue weighted by Crippen LogP contribution is 2.25. The van der Waals surface area contributed by atoms with Crippen molar-refractivity contribution < 1.29 is 24.1 Å². The van der Waals surface area contributed by atoms with Gasteiger partial charge >= 0.3 is 5.97 Å². The van der Waals surface area contributed by atoms with Crippen LogP contribution in [0.3, 0.4) is 0 Å². The molecule has 0 aliphatic carbocycles. The van der Waals surface area contributed by atoms with Crippen LogP contribution < -0.4 is 4.74 Å². The molecular formula is C19H13FO4. The van der Waals surface area contributed by atoms with E-state index >= 15 is 0 Å². The van der Waals surface area contributed by atoms with Crippen LogP contribution in [-0.2, 0) is 0 Å². The zero-order chi connectivity index (χ0) is 17.1. The van der Waals surface area contributed by atoms with Crippen molar-refractivity contribution in [1.82, 2.24) is 0 Å². The molecule has 0 unspecified atom stereocenters. The Morgan fingerprint density at radius 2 is 1.33 bits per heavy atom. The van der Waals surface area contributed by atoms with Crippen molar-refractivity contribution in [2.75, 3.05) is 0 Å². The van der Waals surface area contributed by atoms with Crippen LogP contribution >= 0.6 is 0 Å². The summed E-state index contributed by atoms with van der Waals surface area (Å²) in [7, 11) is 0. The lowest BCUT2D eigenvalue weighted by molar-refractivity contribution is 0.0730. The molecule has 3 aromatic carbocycles. The van der Waals surface area contributed by atoms with E-state index in [9.17, 15) is 14.3 Å². The molecule has 0 atom stereocenters. The number of esters is 1. The smallest absolute Gasteiger partial charge is 0.346 e. The summed E-state index contributed by atoms with van der Waals surface area (Å²) in [4.78, 5) is 12.0. The summed E-state index contributed by atoms with van der Waals surface area (Å²) in [6.45, 7) is 0. The largest absolute Gasteiger partial charge is 0.508 e. The van der Waals surface area contributed by atoms with E-state index in [1.54, 1.807) is 48.5 Å². The summed E-state index contributed by atoms with van der Waals surface area (Å²) in [5.74, 6) is -1.50. The number of carbonyl (C=O) groups is 1. The molecular weight excluding hydrogens is 311 g/mol. The van der Waals surface area contributed by atoms with Gasteiger partial charge in [-0.25, -0.2) is 9.18 Å². The van der Waals surface area contributed by atoms with E-state index < -0.39 is 11.8 Å². The SMILES string of the molecule is O=C(Oc1ccc(-c2ccc(O)cc2)cc1)c1ccc(O)cc1F. The molecule has 0 saturated carbocycles. The van der Waals surface area contributed by atoms with Gasteiger partial charge in [-0.1, -0.05) is 24.3 Å². The van der Waals surface area contributed by atoms with E-state index in [1.807, 2.05) is 0 Å². The second kappa shape index (κ2) is 6.42. The molecule has 0 amide bonds. The molecule has 24 heavy (non-hydrogen) atoms. The summed E-state index contributed by atoms with van der Waals surface area (Å²) in [5, 5.41) is 18.4. The van der Waals surface area contributed by atoms with Gasteiger partial charge in [0.05, 0.1) is 5.56 Å². The number of hydrogen-bond donors (Lipinski definition) is 2. The monoisotopic (exact) mass is 324 g/mol. The highest BCUT2D eigenvalue weighted by Gasteiger charge is 2.14. The number of aromatic hydroxyl groups is 2. The molecule has 0 heterocycles. The Bertz CT molecular complexity index is 871. The first kappa shape index (κ1) is 15.6. The fourth-order valence-electron chi connectivity index (χ4n) is 2.20. The summed E-state index contributed by atoms with van der Waals surface area (Å²) < 4.78 is 18.8. The van der Waals surface area contributed by atoms with Crippen LogP contribution in [-0.4, -0.2) is 16.2 Å². The Kier molecular flexibility index (Phi) is 4.16. The molecule has 0 aromatic heterocycles. The third-order valence-electron chi connectivity index (χ3n) is 3.44. The Morgan fingerprint density at radius 1 is 0.792 bits per heavy atom. The molecule has 0 saturated heterocycles. The highest BCUT2D eigenvalue weighted by atomic mass is 19.1. The lowest BCUT2D eigenvalue weighted by Crippen LogP contribution is -2.10. The molecule has 120 valence electrons. The molecule has 0 fully saturated rings. The Labute approximate surface area is 137 Å². The maximum Gasteiger partial charge on any atom is 0.346 e. The second-order valence-electron chi connectivity index (χ2n) is 5.12. The van der Waals surface area contributed by atoms with Crippen LogP contribution in [0.15, 0.2) is 66.7 Å². The highest BCUT2D eigenvalue weighted by molar-refractivity contribution is 5.91. The second-order valence-corrected chi connectivity index (χ2v) is 5.12. The van der Waals surface area contributed by atoms with Gasteiger partial charge in [0.1, 0.15) is 23.1 Å². The van der Waals surface area contributed by atoms with Crippen LogP contribution in [0.4, 0.5) is 4.39 Å². The van der Waals surface area contributed by atoms with Crippen molar-refractivity contribution in [3.8, 4) is 28.4 Å².